The molecule has 1 amide bonds. The number of nitrogens with zero attached hydrogens (tertiary/aromatic N) is 2. The maximum Gasteiger partial charge on any atom is 0.246 e. The molecule has 4 heteroatoms. The average Bonchev–Trinajstić information content (AvgIpc) is 2.28. The molecular formula is C12H13BrN2O. The smallest absolute Gasteiger partial charge is 0.246 e. The van der Waals surface area contributed by atoms with Crippen LogP contribution in [0, 0.1) is 16.7 Å². The topological polar surface area (TPSA) is 44.1 Å². The predicted octanol–water partition coefficient (Wildman–Crippen LogP) is 2.96. The van der Waals surface area contributed by atoms with Crippen LogP contribution in [0.5, 0.6) is 0 Å². The molecule has 0 saturated carbocycles. The number of hydrogen-bond donors (Lipinski definition) is 0. The molecule has 0 fully saturated rings. The fourth-order valence-corrected chi connectivity index (χ4v) is 1.51. The lowest BCUT2D eigenvalue weighted by Crippen LogP contribution is -2.37. The van der Waals surface area contributed by atoms with Gasteiger partial charge in [0.25, 0.3) is 0 Å². The zero-order valence-corrected chi connectivity index (χ0v) is 11.1. The van der Waals surface area contributed by atoms with Crippen molar-refractivity contribution >= 4 is 27.5 Å². The van der Waals surface area contributed by atoms with Crippen molar-refractivity contribution in [3.05, 3.63) is 28.7 Å². The molecular weight excluding hydrogens is 268 g/mol. The zero-order valence-electron chi connectivity index (χ0n) is 9.49. The van der Waals surface area contributed by atoms with Crippen LogP contribution in [0.15, 0.2) is 28.7 Å². The summed E-state index contributed by atoms with van der Waals surface area (Å²) in [5.74, 6) is -0.211. The lowest BCUT2D eigenvalue weighted by Gasteiger charge is -2.24. The summed E-state index contributed by atoms with van der Waals surface area (Å²) < 4.78 is 0.955. The van der Waals surface area contributed by atoms with E-state index in [0.717, 1.165) is 10.2 Å². The van der Waals surface area contributed by atoms with Gasteiger partial charge in [0.05, 0.1) is 6.07 Å². The number of halogens is 1. The number of anilines is 1. The van der Waals surface area contributed by atoms with Crippen molar-refractivity contribution in [3.8, 4) is 6.07 Å². The highest BCUT2D eigenvalue weighted by molar-refractivity contribution is 9.10. The van der Waals surface area contributed by atoms with Crippen molar-refractivity contribution in [2.75, 3.05) is 11.9 Å². The van der Waals surface area contributed by atoms with Crippen LogP contribution in [0.3, 0.4) is 0 Å². The van der Waals surface area contributed by atoms with Crippen LogP contribution in [-0.2, 0) is 4.79 Å². The van der Waals surface area contributed by atoms with E-state index in [-0.39, 0.29) is 5.91 Å². The molecule has 0 atom stereocenters. The van der Waals surface area contributed by atoms with Gasteiger partial charge in [0, 0.05) is 17.2 Å². The van der Waals surface area contributed by atoms with Gasteiger partial charge in [0.1, 0.15) is 5.41 Å². The van der Waals surface area contributed by atoms with Gasteiger partial charge in [-0.3, -0.25) is 4.79 Å². The van der Waals surface area contributed by atoms with E-state index in [1.807, 2.05) is 30.3 Å². The Bertz CT molecular complexity index is 431. The molecule has 0 saturated heterocycles. The maximum atomic E-state index is 12.0. The number of nitriles is 1. The molecule has 0 spiro atoms. The van der Waals surface area contributed by atoms with E-state index < -0.39 is 5.41 Å². The Balaban J connectivity index is 2.96. The van der Waals surface area contributed by atoms with Gasteiger partial charge in [0.15, 0.2) is 0 Å². The second kappa shape index (κ2) is 4.67. The van der Waals surface area contributed by atoms with Crippen LogP contribution < -0.4 is 4.90 Å². The molecule has 0 bridgehead atoms. The number of amides is 1. The van der Waals surface area contributed by atoms with E-state index >= 15 is 0 Å². The van der Waals surface area contributed by atoms with Gasteiger partial charge >= 0.3 is 0 Å². The molecule has 0 unspecified atom stereocenters. The summed E-state index contributed by atoms with van der Waals surface area (Å²) in [6, 6.07) is 9.38. The van der Waals surface area contributed by atoms with Crippen LogP contribution in [0.1, 0.15) is 13.8 Å². The van der Waals surface area contributed by atoms with Gasteiger partial charge in [0.2, 0.25) is 5.91 Å². The number of hydrogen-bond acceptors (Lipinski definition) is 2. The Morgan fingerprint density at radius 1 is 1.38 bits per heavy atom. The minimum atomic E-state index is -0.998. The molecule has 16 heavy (non-hydrogen) atoms. The van der Waals surface area contributed by atoms with Crippen LogP contribution in [0.2, 0.25) is 0 Å². The monoisotopic (exact) mass is 280 g/mol. The number of carbonyl (C=O) groups excluding carboxylic acids is 1. The van der Waals surface area contributed by atoms with Gasteiger partial charge < -0.3 is 4.90 Å². The Morgan fingerprint density at radius 2 is 1.88 bits per heavy atom. The van der Waals surface area contributed by atoms with Gasteiger partial charge in [-0.2, -0.15) is 5.26 Å². The van der Waals surface area contributed by atoms with Crippen LogP contribution in [-0.4, -0.2) is 13.0 Å². The first-order valence-corrected chi connectivity index (χ1v) is 5.63. The second-order valence-corrected chi connectivity index (χ2v) is 4.99. The molecule has 0 heterocycles. The highest BCUT2D eigenvalue weighted by Crippen LogP contribution is 2.23. The standard InChI is InChI=1S/C12H13BrN2O/c1-12(2,8-14)11(16)15(3)10-6-4-9(13)5-7-10/h4-7H,1-3H3. The van der Waals surface area contributed by atoms with E-state index in [9.17, 15) is 4.79 Å². The van der Waals surface area contributed by atoms with E-state index in [0.29, 0.717) is 0 Å². The first kappa shape index (κ1) is 12.7. The lowest BCUT2D eigenvalue weighted by atomic mass is 9.94. The summed E-state index contributed by atoms with van der Waals surface area (Å²) in [4.78, 5) is 13.5. The van der Waals surface area contributed by atoms with Crippen molar-refractivity contribution in [2.45, 2.75) is 13.8 Å². The van der Waals surface area contributed by atoms with Crippen molar-refractivity contribution in [1.29, 1.82) is 5.26 Å². The number of benzene rings is 1. The van der Waals surface area contributed by atoms with Gasteiger partial charge in [-0.05, 0) is 38.1 Å². The Labute approximate surface area is 104 Å². The SMILES string of the molecule is CN(C(=O)C(C)(C)C#N)c1ccc(Br)cc1. The fraction of sp³-hybridized carbons (Fsp3) is 0.333. The van der Waals surface area contributed by atoms with Crippen LogP contribution in [0.4, 0.5) is 5.69 Å². The largest absolute Gasteiger partial charge is 0.314 e. The second-order valence-electron chi connectivity index (χ2n) is 4.08. The molecule has 1 aromatic carbocycles. The highest BCUT2D eigenvalue weighted by Gasteiger charge is 2.30. The van der Waals surface area contributed by atoms with E-state index in [4.69, 9.17) is 5.26 Å². The lowest BCUT2D eigenvalue weighted by molar-refractivity contribution is -0.123. The normalized spacial score (nSPS) is 10.7. The molecule has 0 aliphatic carbocycles. The minimum absolute atomic E-state index is 0.211. The molecule has 0 aromatic heterocycles. The van der Waals surface area contributed by atoms with Gasteiger partial charge in [-0.25, -0.2) is 0 Å². The zero-order chi connectivity index (χ0) is 12.3. The third kappa shape index (κ3) is 2.61. The Hall–Kier alpha value is -1.34. The minimum Gasteiger partial charge on any atom is -0.314 e. The molecule has 0 radical (unpaired) electrons. The molecule has 0 aliphatic heterocycles. The van der Waals surface area contributed by atoms with E-state index in [1.54, 1.807) is 20.9 Å². The fourth-order valence-electron chi connectivity index (χ4n) is 1.25. The van der Waals surface area contributed by atoms with Gasteiger partial charge in [-0.15, -0.1) is 0 Å². The highest BCUT2D eigenvalue weighted by atomic mass is 79.9. The summed E-state index contributed by atoms with van der Waals surface area (Å²) in [6.07, 6.45) is 0. The molecule has 3 nitrogen and oxygen atoms in total. The summed E-state index contributed by atoms with van der Waals surface area (Å²) in [5, 5.41) is 8.90. The summed E-state index contributed by atoms with van der Waals surface area (Å²) in [6.45, 7) is 3.23. The summed E-state index contributed by atoms with van der Waals surface area (Å²) in [5.41, 5.74) is -0.224. The van der Waals surface area contributed by atoms with E-state index in [1.165, 1.54) is 4.90 Å². The quantitative estimate of drug-likeness (QED) is 0.836. The first-order valence-electron chi connectivity index (χ1n) is 4.83. The van der Waals surface area contributed by atoms with Crippen LogP contribution in [0.25, 0.3) is 0 Å². The molecule has 0 aliphatic rings. The van der Waals surface area contributed by atoms with Crippen molar-refractivity contribution in [3.63, 3.8) is 0 Å². The Kier molecular flexibility index (Phi) is 3.71. The summed E-state index contributed by atoms with van der Waals surface area (Å²) in [7, 11) is 1.67. The first-order chi connectivity index (χ1) is 7.38. The molecule has 1 rings (SSSR count). The predicted molar refractivity (Wildman–Crippen MR) is 66.9 cm³/mol. The third-order valence-corrected chi connectivity index (χ3v) is 2.86. The van der Waals surface area contributed by atoms with Crippen molar-refractivity contribution in [1.82, 2.24) is 0 Å². The average molecular weight is 281 g/mol. The molecule has 0 N–H and O–H groups in total. The van der Waals surface area contributed by atoms with Gasteiger partial charge in [-0.1, -0.05) is 15.9 Å². The Morgan fingerprint density at radius 3 is 2.31 bits per heavy atom. The molecule has 84 valence electrons. The molecule has 1 aromatic rings. The van der Waals surface area contributed by atoms with Crippen molar-refractivity contribution in [2.24, 2.45) is 5.41 Å². The summed E-state index contributed by atoms with van der Waals surface area (Å²) >= 11 is 3.33. The third-order valence-electron chi connectivity index (χ3n) is 2.33. The number of carbonyl (C=O) groups is 1. The van der Waals surface area contributed by atoms with Crippen LogP contribution >= 0.6 is 15.9 Å². The maximum absolute atomic E-state index is 12.0. The van der Waals surface area contributed by atoms with E-state index in [2.05, 4.69) is 15.9 Å². The van der Waals surface area contributed by atoms with Crippen molar-refractivity contribution < 1.29 is 4.79 Å². The number of rotatable bonds is 2.